The van der Waals surface area contributed by atoms with Crippen molar-refractivity contribution in [3.05, 3.63) is 48.0 Å². The lowest BCUT2D eigenvalue weighted by Crippen LogP contribution is -2.58. The third-order valence-electron chi connectivity index (χ3n) is 6.48. The fraction of sp³-hybridized carbons (Fsp3) is 0.524. The average molecular weight is 325 g/mol. The van der Waals surface area contributed by atoms with E-state index >= 15 is 0 Å². The normalized spacial score (nSPS) is 34.0. The summed E-state index contributed by atoms with van der Waals surface area (Å²) in [5.74, 6) is 4.12. The van der Waals surface area contributed by atoms with Gasteiger partial charge in [-0.1, -0.05) is 12.1 Å². The lowest BCUT2D eigenvalue weighted by Gasteiger charge is -2.57. The van der Waals surface area contributed by atoms with E-state index in [9.17, 15) is 4.39 Å². The van der Waals surface area contributed by atoms with Crippen LogP contribution in [0.5, 0.6) is 0 Å². The molecule has 2 nitrogen and oxygen atoms in total. The van der Waals surface area contributed by atoms with E-state index in [0.29, 0.717) is 16.9 Å². The summed E-state index contributed by atoms with van der Waals surface area (Å²) in [6.07, 6.45) is 8.37. The second kappa shape index (κ2) is 5.45. The van der Waals surface area contributed by atoms with Crippen LogP contribution in [-0.2, 0) is 6.54 Å². The Bertz CT molecular complexity index is 715. The number of nitrogens with one attached hydrogen (secondary N) is 1. The molecule has 126 valence electrons. The van der Waals surface area contributed by atoms with Crippen molar-refractivity contribution in [3.63, 3.8) is 0 Å². The van der Waals surface area contributed by atoms with Crippen molar-refractivity contribution in [1.29, 1.82) is 0 Å². The number of furan rings is 1. The van der Waals surface area contributed by atoms with Gasteiger partial charge in [0.25, 0.3) is 0 Å². The van der Waals surface area contributed by atoms with E-state index in [0.717, 1.165) is 30.1 Å². The van der Waals surface area contributed by atoms with Gasteiger partial charge in [-0.3, -0.25) is 0 Å². The number of hydrogen-bond acceptors (Lipinski definition) is 2. The fourth-order valence-electron chi connectivity index (χ4n) is 5.88. The van der Waals surface area contributed by atoms with Gasteiger partial charge in [0.2, 0.25) is 0 Å². The van der Waals surface area contributed by atoms with Crippen molar-refractivity contribution in [3.8, 4) is 11.3 Å². The molecule has 0 atom stereocenters. The summed E-state index contributed by atoms with van der Waals surface area (Å²) >= 11 is 0. The van der Waals surface area contributed by atoms with Crippen molar-refractivity contribution >= 4 is 0 Å². The molecular weight excluding hydrogens is 301 g/mol. The number of hydrogen-bond donors (Lipinski definition) is 1. The van der Waals surface area contributed by atoms with Gasteiger partial charge < -0.3 is 9.73 Å². The minimum atomic E-state index is -0.229. The predicted octanol–water partition coefficient (Wildman–Crippen LogP) is 5.14. The van der Waals surface area contributed by atoms with E-state index in [2.05, 4.69) is 5.32 Å². The van der Waals surface area contributed by atoms with Crippen LogP contribution in [0.25, 0.3) is 11.3 Å². The van der Waals surface area contributed by atoms with Crippen LogP contribution in [0.1, 0.15) is 44.3 Å². The van der Waals surface area contributed by atoms with E-state index in [4.69, 9.17) is 4.42 Å². The lowest BCUT2D eigenvalue weighted by atomic mass is 9.53. The van der Waals surface area contributed by atoms with Crippen LogP contribution >= 0.6 is 0 Å². The Morgan fingerprint density at radius 1 is 0.958 bits per heavy atom. The topological polar surface area (TPSA) is 25.2 Å². The first-order valence-corrected chi connectivity index (χ1v) is 9.28. The monoisotopic (exact) mass is 325 g/mol. The molecule has 0 spiro atoms. The molecule has 1 aromatic carbocycles. The van der Waals surface area contributed by atoms with Crippen molar-refractivity contribution in [1.82, 2.24) is 5.32 Å². The smallest absolute Gasteiger partial charge is 0.137 e. The average Bonchev–Trinajstić information content (AvgIpc) is 3.01. The lowest BCUT2D eigenvalue weighted by molar-refractivity contribution is -0.0213. The van der Waals surface area contributed by atoms with E-state index in [1.54, 1.807) is 12.1 Å². The molecule has 24 heavy (non-hydrogen) atoms. The summed E-state index contributed by atoms with van der Waals surface area (Å²) in [6, 6.07) is 10.7. The van der Waals surface area contributed by atoms with E-state index in [1.807, 2.05) is 18.2 Å². The van der Waals surface area contributed by atoms with Crippen LogP contribution in [0.3, 0.4) is 0 Å². The molecule has 4 saturated carbocycles. The summed E-state index contributed by atoms with van der Waals surface area (Å²) in [5.41, 5.74) is 0.873. The highest BCUT2D eigenvalue weighted by molar-refractivity contribution is 5.58. The molecule has 4 aliphatic rings. The Morgan fingerprint density at radius 3 is 2.29 bits per heavy atom. The zero-order valence-corrected chi connectivity index (χ0v) is 13.9. The number of benzene rings is 1. The summed E-state index contributed by atoms with van der Waals surface area (Å²) in [6.45, 7) is 0.751. The van der Waals surface area contributed by atoms with Crippen LogP contribution in [-0.4, -0.2) is 5.54 Å². The van der Waals surface area contributed by atoms with Gasteiger partial charge in [0.15, 0.2) is 0 Å². The zero-order valence-electron chi connectivity index (χ0n) is 13.9. The molecule has 0 aliphatic heterocycles. The molecule has 0 radical (unpaired) electrons. The minimum Gasteiger partial charge on any atom is -0.460 e. The SMILES string of the molecule is Fc1ccccc1-c1ccc(CNC23CC4CC(CC(C4)C2)C3)o1. The van der Waals surface area contributed by atoms with Crippen LogP contribution in [0.15, 0.2) is 40.8 Å². The van der Waals surface area contributed by atoms with Gasteiger partial charge in [0, 0.05) is 5.54 Å². The van der Waals surface area contributed by atoms with Gasteiger partial charge in [-0.25, -0.2) is 4.39 Å². The Morgan fingerprint density at radius 2 is 1.62 bits per heavy atom. The molecule has 0 amide bonds. The standard InChI is InChI=1S/C21H24FNO/c22-19-4-2-1-3-18(19)20-6-5-17(24-20)13-23-21-10-14-7-15(11-21)9-16(8-14)12-21/h1-6,14-16,23H,7-13H2. The maximum Gasteiger partial charge on any atom is 0.137 e. The van der Waals surface area contributed by atoms with E-state index < -0.39 is 0 Å². The van der Waals surface area contributed by atoms with Gasteiger partial charge in [0.05, 0.1) is 12.1 Å². The molecule has 3 heteroatoms. The predicted molar refractivity (Wildman–Crippen MR) is 91.8 cm³/mol. The van der Waals surface area contributed by atoms with Crippen molar-refractivity contribution in [2.75, 3.05) is 0 Å². The van der Waals surface area contributed by atoms with Crippen molar-refractivity contribution in [2.24, 2.45) is 17.8 Å². The maximum atomic E-state index is 13.9. The molecule has 6 rings (SSSR count). The molecule has 4 aliphatic carbocycles. The van der Waals surface area contributed by atoms with Crippen LogP contribution in [0.4, 0.5) is 4.39 Å². The first-order chi connectivity index (χ1) is 11.7. The second-order valence-electron chi connectivity index (χ2n) is 8.30. The molecule has 4 fully saturated rings. The molecule has 0 saturated heterocycles. The molecule has 0 unspecified atom stereocenters. The summed E-state index contributed by atoms with van der Waals surface area (Å²) in [5, 5.41) is 3.84. The highest BCUT2D eigenvalue weighted by Crippen LogP contribution is 2.55. The fourth-order valence-corrected chi connectivity index (χ4v) is 5.88. The third-order valence-corrected chi connectivity index (χ3v) is 6.48. The first kappa shape index (κ1) is 14.7. The highest BCUT2D eigenvalue weighted by atomic mass is 19.1. The van der Waals surface area contributed by atoms with Gasteiger partial charge in [-0.15, -0.1) is 0 Å². The Hall–Kier alpha value is -1.61. The number of halogens is 1. The second-order valence-corrected chi connectivity index (χ2v) is 8.30. The van der Waals surface area contributed by atoms with Crippen molar-refractivity contribution < 1.29 is 8.81 Å². The van der Waals surface area contributed by atoms with Crippen LogP contribution in [0.2, 0.25) is 0 Å². The van der Waals surface area contributed by atoms with Gasteiger partial charge in [0.1, 0.15) is 17.3 Å². The third kappa shape index (κ3) is 2.50. The summed E-state index contributed by atoms with van der Waals surface area (Å²) < 4.78 is 19.8. The van der Waals surface area contributed by atoms with Gasteiger partial charge >= 0.3 is 0 Å². The molecule has 4 bridgehead atoms. The maximum absolute atomic E-state index is 13.9. The largest absolute Gasteiger partial charge is 0.460 e. The Balaban J connectivity index is 1.30. The zero-order chi connectivity index (χ0) is 16.1. The molecule has 1 N–H and O–H groups in total. The highest BCUT2D eigenvalue weighted by Gasteiger charge is 2.50. The molecular formula is C21H24FNO. The van der Waals surface area contributed by atoms with E-state index in [1.165, 1.54) is 44.6 Å². The molecule has 2 aromatic rings. The molecule has 1 heterocycles. The Kier molecular flexibility index (Phi) is 3.34. The Labute approximate surface area is 142 Å². The summed E-state index contributed by atoms with van der Waals surface area (Å²) in [7, 11) is 0. The van der Waals surface area contributed by atoms with Gasteiger partial charge in [-0.05, 0) is 80.5 Å². The van der Waals surface area contributed by atoms with Crippen LogP contribution in [0, 0.1) is 23.6 Å². The summed E-state index contributed by atoms with van der Waals surface area (Å²) in [4.78, 5) is 0. The van der Waals surface area contributed by atoms with E-state index in [-0.39, 0.29) is 5.82 Å². The van der Waals surface area contributed by atoms with Crippen molar-refractivity contribution in [2.45, 2.75) is 50.6 Å². The van der Waals surface area contributed by atoms with Gasteiger partial charge in [-0.2, -0.15) is 0 Å². The first-order valence-electron chi connectivity index (χ1n) is 9.28. The number of rotatable bonds is 4. The van der Waals surface area contributed by atoms with Crippen LogP contribution < -0.4 is 5.32 Å². The minimum absolute atomic E-state index is 0.229. The quantitative estimate of drug-likeness (QED) is 0.841. The molecule has 1 aromatic heterocycles.